The zero-order valence-corrected chi connectivity index (χ0v) is 22.7. The summed E-state index contributed by atoms with van der Waals surface area (Å²) < 4.78 is 0. The molecule has 0 fully saturated rings. The van der Waals surface area contributed by atoms with Gasteiger partial charge in [-0.2, -0.15) is 0 Å². The first kappa shape index (κ1) is 32.5. The van der Waals surface area contributed by atoms with Gasteiger partial charge in [-0.1, -0.05) is 99.5 Å². The molecule has 33 heavy (non-hydrogen) atoms. The van der Waals surface area contributed by atoms with Crippen LogP contribution < -0.4 is 5.73 Å². The molecule has 2 heteroatoms. The van der Waals surface area contributed by atoms with Crippen LogP contribution in [0, 0.1) is 13.8 Å². The quantitative estimate of drug-likeness (QED) is 0.359. The van der Waals surface area contributed by atoms with Crippen LogP contribution in [0.4, 0.5) is 5.69 Å². The van der Waals surface area contributed by atoms with Gasteiger partial charge in [-0.25, -0.2) is 0 Å². The summed E-state index contributed by atoms with van der Waals surface area (Å²) >= 11 is 0. The summed E-state index contributed by atoms with van der Waals surface area (Å²) in [7, 11) is 0. The normalized spacial score (nSPS) is 10.1. The first-order valence-electron chi connectivity index (χ1n) is 12.0. The Bertz CT molecular complexity index is 826. The summed E-state index contributed by atoms with van der Waals surface area (Å²) in [6.07, 6.45) is 10.2. The number of hydrogen-bond donors (Lipinski definition) is 1. The number of nitrogens with zero attached hydrogens (tertiary/aromatic N) is 1. The molecule has 0 amide bonds. The number of benzene rings is 2. The van der Waals surface area contributed by atoms with Crippen LogP contribution >= 0.6 is 0 Å². The van der Waals surface area contributed by atoms with Crippen LogP contribution in [0.25, 0.3) is 0 Å². The van der Waals surface area contributed by atoms with Crippen molar-refractivity contribution in [3.05, 3.63) is 101 Å². The Labute approximate surface area is 205 Å². The van der Waals surface area contributed by atoms with E-state index in [0.29, 0.717) is 6.54 Å². The van der Waals surface area contributed by atoms with Crippen molar-refractivity contribution in [1.29, 1.82) is 0 Å². The molecule has 2 rings (SSSR count). The van der Waals surface area contributed by atoms with E-state index in [0.717, 1.165) is 12.1 Å². The Morgan fingerprint density at radius 1 is 0.909 bits per heavy atom. The highest BCUT2D eigenvalue weighted by Gasteiger charge is 1.93. The molecule has 2 aromatic carbocycles. The topological polar surface area (TPSA) is 38.4 Å². The minimum atomic E-state index is 0.643. The second-order valence-corrected chi connectivity index (χ2v) is 8.12. The average molecular weight is 449 g/mol. The van der Waals surface area contributed by atoms with Crippen LogP contribution in [0.3, 0.4) is 0 Å². The molecule has 0 saturated heterocycles. The lowest BCUT2D eigenvalue weighted by molar-refractivity contribution is 1.06. The van der Waals surface area contributed by atoms with Crippen LogP contribution in [-0.2, 0) is 13.0 Å². The molecule has 182 valence electrons. The molecule has 0 saturated carbocycles. The van der Waals surface area contributed by atoms with Crippen LogP contribution in [0.2, 0.25) is 0 Å². The molecule has 0 atom stereocenters. The third-order valence-electron chi connectivity index (χ3n) is 4.30. The molecule has 0 heterocycles. The maximum absolute atomic E-state index is 5.44. The Hall–Kier alpha value is -2.71. The van der Waals surface area contributed by atoms with Crippen LogP contribution in [0.15, 0.2) is 83.4 Å². The standard InChI is InChI=1S/C10H13N.C9H13N.C9H14.C3H8/c1-4-11-10-7-8(2)5-6-9(10)3;1-2-8-3-5-9(7-10)6-4-8;1-5-9(4)7-6-8(2)3;1-3-2/h4-7H,1-3H3;3-6H,2,7,10H2,1H3;5-7H,1H2,2-4H3;3H2,1-2H3/b;;9-7-;. The number of rotatable bonds is 5. The number of aliphatic imine (C=N–C) groups is 1. The van der Waals surface area contributed by atoms with Gasteiger partial charge in [0.05, 0.1) is 5.69 Å². The minimum Gasteiger partial charge on any atom is -0.326 e. The summed E-state index contributed by atoms with van der Waals surface area (Å²) in [5.74, 6) is 0. The Morgan fingerprint density at radius 3 is 1.88 bits per heavy atom. The molecule has 0 aliphatic carbocycles. The molecular formula is C31H48N2. The summed E-state index contributed by atoms with van der Waals surface area (Å²) in [4.78, 5) is 4.24. The van der Waals surface area contributed by atoms with Gasteiger partial charge in [-0.3, -0.25) is 4.99 Å². The summed E-state index contributed by atoms with van der Waals surface area (Å²) in [6.45, 7) is 23.0. The van der Waals surface area contributed by atoms with Gasteiger partial charge in [0.25, 0.3) is 0 Å². The maximum Gasteiger partial charge on any atom is 0.0657 e. The smallest absolute Gasteiger partial charge is 0.0657 e. The van der Waals surface area contributed by atoms with Gasteiger partial charge in [0.15, 0.2) is 0 Å². The lowest BCUT2D eigenvalue weighted by Crippen LogP contribution is -1.95. The Balaban J connectivity index is 0. The SMILES string of the molecule is C=C/C(C)=C\C=C(C)C.CC=Nc1cc(C)ccc1C.CCC.CCc1ccc(CN)cc1. The van der Waals surface area contributed by atoms with Gasteiger partial charge >= 0.3 is 0 Å². The first-order chi connectivity index (χ1) is 15.7. The van der Waals surface area contributed by atoms with Gasteiger partial charge in [0.2, 0.25) is 0 Å². The van der Waals surface area contributed by atoms with Crippen molar-refractivity contribution >= 4 is 11.9 Å². The largest absolute Gasteiger partial charge is 0.326 e. The van der Waals surface area contributed by atoms with E-state index in [1.54, 1.807) is 0 Å². The molecule has 0 aliphatic rings. The number of aryl methyl sites for hydroxylation is 3. The second kappa shape index (κ2) is 21.2. The van der Waals surface area contributed by atoms with E-state index in [1.165, 1.54) is 39.8 Å². The van der Waals surface area contributed by atoms with Crippen molar-refractivity contribution < 1.29 is 0 Å². The third kappa shape index (κ3) is 18.6. The zero-order chi connectivity index (χ0) is 25.6. The maximum atomic E-state index is 5.44. The van der Waals surface area contributed by atoms with E-state index in [9.17, 15) is 0 Å². The summed E-state index contributed by atoms with van der Waals surface area (Å²) in [5.41, 5.74) is 14.1. The Morgan fingerprint density at radius 2 is 1.45 bits per heavy atom. The summed E-state index contributed by atoms with van der Waals surface area (Å²) in [6, 6.07) is 14.7. The number of hydrogen-bond acceptors (Lipinski definition) is 2. The van der Waals surface area contributed by atoms with Gasteiger partial charge in [0, 0.05) is 12.8 Å². The summed E-state index contributed by atoms with van der Waals surface area (Å²) in [5, 5.41) is 0. The molecule has 0 aromatic heterocycles. The fraction of sp³-hybridized carbons (Fsp3) is 0.387. The number of allylic oxidation sites excluding steroid dienone is 5. The predicted molar refractivity (Wildman–Crippen MR) is 153 cm³/mol. The van der Waals surface area contributed by atoms with E-state index >= 15 is 0 Å². The molecule has 0 unspecified atom stereocenters. The van der Waals surface area contributed by atoms with E-state index < -0.39 is 0 Å². The second-order valence-electron chi connectivity index (χ2n) is 8.12. The third-order valence-corrected chi connectivity index (χ3v) is 4.30. The molecule has 0 bridgehead atoms. The molecule has 0 aliphatic heterocycles. The highest BCUT2D eigenvalue weighted by molar-refractivity contribution is 5.62. The van der Waals surface area contributed by atoms with Crippen LogP contribution in [0.5, 0.6) is 0 Å². The van der Waals surface area contributed by atoms with Crippen molar-refractivity contribution in [3.8, 4) is 0 Å². The fourth-order valence-corrected chi connectivity index (χ4v) is 2.27. The lowest BCUT2D eigenvalue weighted by atomic mass is 10.1. The first-order valence-corrected chi connectivity index (χ1v) is 12.0. The minimum absolute atomic E-state index is 0.643. The lowest BCUT2D eigenvalue weighted by Gasteiger charge is -1.99. The van der Waals surface area contributed by atoms with E-state index in [2.05, 4.69) is 115 Å². The van der Waals surface area contributed by atoms with Gasteiger partial charge in [-0.05, 0) is 76.3 Å². The zero-order valence-electron chi connectivity index (χ0n) is 22.7. The van der Waals surface area contributed by atoms with Crippen molar-refractivity contribution in [2.75, 3.05) is 0 Å². The highest BCUT2D eigenvalue weighted by atomic mass is 14.7. The van der Waals surface area contributed by atoms with Gasteiger partial charge < -0.3 is 5.73 Å². The van der Waals surface area contributed by atoms with E-state index in [-0.39, 0.29) is 0 Å². The molecular weight excluding hydrogens is 400 g/mol. The van der Waals surface area contributed by atoms with Crippen LogP contribution in [0.1, 0.15) is 77.1 Å². The van der Waals surface area contributed by atoms with Crippen molar-refractivity contribution in [2.24, 2.45) is 10.7 Å². The molecule has 0 radical (unpaired) electrons. The number of nitrogens with two attached hydrogens (primary N) is 1. The van der Waals surface area contributed by atoms with E-state index in [4.69, 9.17) is 5.73 Å². The predicted octanol–water partition coefficient (Wildman–Crippen LogP) is 9.23. The van der Waals surface area contributed by atoms with Crippen molar-refractivity contribution in [3.63, 3.8) is 0 Å². The van der Waals surface area contributed by atoms with E-state index in [1.807, 2.05) is 26.1 Å². The monoisotopic (exact) mass is 448 g/mol. The molecule has 0 spiro atoms. The molecule has 2 aromatic rings. The Kier molecular flexibility index (Phi) is 20.8. The van der Waals surface area contributed by atoms with Crippen LogP contribution in [-0.4, -0.2) is 6.21 Å². The van der Waals surface area contributed by atoms with Gasteiger partial charge in [0.1, 0.15) is 0 Å². The molecule has 2 N–H and O–H groups in total. The van der Waals surface area contributed by atoms with Crippen molar-refractivity contribution in [1.82, 2.24) is 0 Å². The highest BCUT2D eigenvalue weighted by Crippen LogP contribution is 2.18. The van der Waals surface area contributed by atoms with Crippen molar-refractivity contribution in [2.45, 2.75) is 81.7 Å². The fourth-order valence-electron chi connectivity index (χ4n) is 2.27. The average Bonchev–Trinajstić information content (AvgIpc) is 2.81. The van der Waals surface area contributed by atoms with Gasteiger partial charge in [-0.15, -0.1) is 0 Å². The molecule has 2 nitrogen and oxygen atoms in total.